The highest BCUT2D eigenvalue weighted by molar-refractivity contribution is 7.26. The van der Waals surface area contributed by atoms with Crippen LogP contribution in [0.3, 0.4) is 0 Å². The molecule has 0 amide bonds. The first kappa shape index (κ1) is 26.5. The third kappa shape index (κ3) is 5.32. The van der Waals surface area contributed by atoms with Gasteiger partial charge in [-0.2, -0.15) is 0 Å². The molecule has 0 bridgehead atoms. The van der Waals surface area contributed by atoms with E-state index in [0.29, 0.717) is 34.2 Å². The van der Waals surface area contributed by atoms with Gasteiger partial charge in [0.05, 0.1) is 24.9 Å². The van der Waals surface area contributed by atoms with Crippen LogP contribution in [0.2, 0.25) is 0 Å². The van der Waals surface area contributed by atoms with E-state index in [0.717, 1.165) is 59.1 Å². The number of benzene rings is 8. The predicted octanol–water partition coefficient (Wildman–Crippen LogP) is 13.7. The van der Waals surface area contributed by atoms with Gasteiger partial charge in [-0.15, -0.1) is 11.3 Å². The molecule has 0 N–H and O–H groups in total. The number of hydrogen-bond acceptors (Lipinski definition) is 4. The summed E-state index contributed by atoms with van der Waals surface area (Å²) in [4.78, 5) is 15.1. The Morgan fingerprint density at radius 2 is 0.982 bits per heavy atom. The molecule has 5 heteroatoms. The molecule has 11 rings (SSSR count). The van der Waals surface area contributed by atoms with Gasteiger partial charge >= 0.3 is 0 Å². The van der Waals surface area contributed by atoms with Crippen LogP contribution in [-0.4, -0.2) is 19.5 Å². The van der Waals surface area contributed by atoms with E-state index in [1.165, 1.54) is 12.1 Å². The van der Waals surface area contributed by atoms with Crippen LogP contribution >= 0.6 is 11.3 Å². The maximum absolute atomic E-state index is 9.25. The summed E-state index contributed by atoms with van der Waals surface area (Å²) < 4.78 is 57.8. The molecule has 0 unspecified atom stereocenters. The summed E-state index contributed by atoms with van der Waals surface area (Å²) in [5, 5.41) is 2.65. The molecule has 0 saturated heterocycles. The van der Waals surface area contributed by atoms with E-state index in [1.807, 2.05) is 109 Å². The Kier molecular flexibility index (Phi) is 6.29. The molecular weight excluding hydrogens is 701 g/mol. The molecule has 3 heterocycles. The van der Waals surface area contributed by atoms with Crippen molar-refractivity contribution in [1.29, 1.82) is 0 Å². The van der Waals surface area contributed by atoms with Crippen molar-refractivity contribution < 1.29 is 8.22 Å². The molecule has 4 nitrogen and oxygen atoms in total. The summed E-state index contributed by atoms with van der Waals surface area (Å²) in [6.07, 6.45) is 0. The van der Waals surface area contributed by atoms with Gasteiger partial charge in [-0.05, 0) is 41.4 Å². The van der Waals surface area contributed by atoms with Crippen LogP contribution in [0.1, 0.15) is 8.22 Å². The number of rotatable bonds is 6. The van der Waals surface area contributed by atoms with E-state index in [9.17, 15) is 2.74 Å². The van der Waals surface area contributed by atoms with E-state index in [4.69, 9.17) is 20.4 Å². The topological polar surface area (TPSA) is 43.6 Å². The Hall–Kier alpha value is -7.21. The Bertz CT molecular complexity index is 3480. The molecule has 0 radical (unpaired) electrons. The molecule has 8 aromatic carbocycles. The zero-order valence-corrected chi connectivity index (χ0v) is 30.5. The van der Waals surface area contributed by atoms with Gasteiger partial charge in [0.25, 0.3) is 0 Å². The lowest BCUT2D eigenvalue weighted by Gasteiger charge is -2.18. The third-order valence-corrected chi connectivity index (χ3v) is 11.5. The van der Waals surface area contributed by atoms with Crippen molar-refractivity contribution in [1.82, 2.24) is 19.5 Å². The lowest BCUT2D eigenvalue weighted by Crippen LogP contribution is -2.01. The van der Waals surface area contributed by atoms with E-state index in [1.54, 1.807) is 15.9 Å². The summed E-state index contributed by atoms with van der Waals surface area (Å²) in [6, 6.07) is 50.5. The maximum atomic E-state index is 9.25. The molecule has 0 saturated carbocycles. The quantitative estimate of drug-likeness (QED) is 0.171. The van der Waals surface area contributed by atoms with Crippen molar-refractivity contribution in [2.24, 2.45) is 0 Å². The summed E-state index contributed by atoms with van der Waals surface area (Å²) >= 11 is 1.69. The lowest BCUT2D eigenvalue weighted by molar-refractivity contribution is 1.07. The summed E-state index contributed by atoms with van der Waals surface area (Å²) in [5.74, 6) is 1.61. The van der Waals surface area contributed by atoms with Gasteiger partial charge in [0.15, 0.2) is 17.5 Å². The molecular formula is C51H32N4S. The van der Waals surface area contributed by atoms with Crippen LogP contribution in [0.25, 0.3) is 104 Å². The minimum Gasteiger partial charge on any atom is -0.309 e. The highest BCUT2D eigenvalue weighted by Gasteiger charge is 2.21. The second-order valence-electron chi connectivity index (χ2n) is 13.5. The van der Waals surface area contributed by atoms with Gasteiger partial charge in [0.1, 0.15) is 0 Å². The Balaban J connectivity index is 1.22. The van der Waals surface area contributed by atoms with Gasteiger partial charge in [-0.25, -0.2) is 15.0 Å². The van der Waals surface area contributed by atoms with Gasteiger partial charge in [0.2, 0.25) is 0 Å². The van der Waals surface area contributed by atoms with Crippen molar-refractivity contribution in [3.05, 3.63) is 194 Å². The molecule has 262 valence electrons. The monoisotopic (exact) mass is 738 g/mol. The normalized spacial score (nSPS) is 13.1. The fourth-order valence-corrected chi connectivity index (χ4v) is 8.92. The second kappa shape index (κ2) is 13.3. The average molecular weight is 739 g/mol. The lowest BCUT2D eigenvalue weighted by atomic mass is 9.93. The predicted molar refractivity (Wildman–Crippen MR) is 234 cm³/mol. The fourth-order valence-electron chi connectivity index (χ4n) is 7.69. The summed E-state index contributed by atoms with van der Waals surface area (Å²) in [7, 11) is 0. The number of nitrogens with zero attached hydrogens (tertiary/aromatic N) is 4. The third-order valence-electron chi connectivity index (χ3n) is 10.2. The van der Waals surface area contributed by atoms with Crippen LogP contribution in [0, 0.1) is 0 Å². The molecule has 3 aromatic heterocycles. The van der Waals surface area contributed by atoms with Crippen molar-refractivity contribution >= 4 is 53.3 Å². The van der Waals surface area contributed by atoms with Crippen molar-refractivity contribution in [2.45, 2.75) is 0 Å². The second-order valence-corrected chi connectivity index (χ2v) is 14.5. The van der Waals surface area contributed by atoms with E-state index in [-0.39, 0.29) is 47.0 Å². The standard InChI is InChI=1S/C51H32N4S/c1-3-16-33(17-4-1)49-52-50(34-18-5-2-6-19-34)54-51(53-49)42-24-8-7-20-36(42)35-30-31-46(55-44-27-12-9-21-37(44)38-22-10-13-28-45(38)55)43(32-35)41-26-15-25-40-39-23-11-14-29-47(39)56-48(40)41/h1-32H/i9D,10D,21D,22D,27D,28D. The zero-order chi connectivity index (χ0) is 42.2. The minimum absolute atomic E-state index is 0.0127. The number of aromatic nitrogens is 4. The molecule has 56 heavy (non-hydrogen) atoms. The fraction of sp³-hybridized carbons (Fsp3) is 0. The molecule has 0 aliphatic rings. The molecule has 0 fully saturated rings. The highest BCUT2D eigenvalue weighted by atomic mass is 32.1. The SMILES string of the molecule is [2H]c1cc([2H])c2c(c1[2H])c1c([2H])c([2H])cc([2H])c1n2-c1ccc(-c2ccccc2-c2nc(-c3ccccc3)nc(-c3ccccc3)n2)cc1-c1cccc2c1sc1ccccc12. The van der Waals surface area contributed by atoms with E-state index < -0.39 is 0 Å². The summed E-state index contributed by atoms with van der Waals surface area (Å²) in [5.41, 5.74) is 7.22. The number of para-hydroxylation sites is 2. The van der Waals surface area contributed by atoms with Crippen LogP contribution in [0.4, 0.5) is 0 Å². The first-order chi connectivity index (χ1) is 30.2. The summed E-state index contributed by atoms with van der Waals surface area (Å²) in [6.45, 7) is 0. The first-order valence-electron chi connectivity index (χ1n) is 21.3. The van der Waals surface area contributed by atoms with E-state index in [2.05, 4.69) is 36.4 Å². The molecule has 11 aromatic rings. The Morgan fingerprint density at radius 3 is 1.68 bits per heavy atom. The van der Waals surface area contributed by atoms with Crippen molar-refractivity contribution in [3.63, 3.8) is 0 Å². The number of thiophene rings is 1. The van der Waals surface area contributed by atoms with Gasteiger partial charge in [0, 0.05) is 58.8 Å². The molecule has 0 atom stereocenters. The van der Waals surface area contributed by atoms with Crippen molar-refractivity contribution in [3.8, 4) is 62.1 Å². The molecule has 0 aliphatic heterocycles. The maximum Gasteiger partial charge on any atom is 0.164 e. The van der Waals surface area contributed by atoms with Gasteiger partial charge in [-0.3, -0.25) is 0 Å². The largest absolute Gasteiger partial charge is 0.309 e. The molecule has 0 spiro atoms. The Morgan fingerprint density at radius 1 is 0.411 bits per heavy atom. The molecule has 0 aliphatic carbocycles. The smallest absolute Gasteiger partial charge is 0.164 e. The van der Waals surface area contributed by atoms with Crippen LogP contribution in [0.15, 0.2) is 194 Å². The average Bonchev–Trinajstić information content (AvgIpc) is 3.88. The van der Waals surface area contributed by atoms with Crippen LogP contribution in [0.5, 0.6) is 0 Å². The van der Waals surface area contributed by atoms with Crippen molar-refractivity contribution in [2.75, 3.05) is 0 Å². The van der Waals surface area contributed by atoms with Gasteiger partial charge in [-0.1, -0.05) is 164 Å². The van der Waals surface area contributed by atoms with E-state index >= 15 is 0 Å². The minimum atomic E-state index is -0.158. The van der Waals surface area contributed by atoms with Crippen LogP contribution < -0.4 is 0 Å². The first-order valence-corrected chi connectivity index (χ1v) is 19.1. The Labute approximate surface area is 336 Å². The number of hydrogen-bond donors (Lipinski definition) is 0. The highest BCUT2D eigenvalue weighted by Crippen LogP contribution is 2.45. The van der Waals surface area contributed by atoms with Crippen LogP contribution in [-0.2, 0) is 0 Å². The van der Waals surface area contributed by atoms with Gasteiger partial charge < -0.3 is 4.57 Å². The zero-order valence-electron chi connectivity index (χ0n) is 35.7. The number of fused-ring (bicyclic) bond motifs is 6.